The predicted molar refractivity (Wildman–Crippen MR) is 58.2 cm³/mol. The minimum Gasteiger partial charge on any atom is -0.489 e. The SMILES string of the molecule is C=CCOc1ccc(S(N)(=O)=O)cc1C. The van der Waals surface area contributed by atoms with Crippen LogP contribution < -0.4 is 9.88 Å². The summed E-state index contributed by atoms with van der Waals surface area (Å²) >= 11 is 0. The smallest absolute Gasteiger partial charge is 0.238 e. The van der Waals surface area contributed by atoms with E-state index in [-0.39, 0.29) is 4.90 Å². The molecular formula is C10H13NO3S. The Bertz CT molecular complexity index is 466. The Kier molecular flexibility index (Phi) is 3.49. The number of aryl methyl sites for hydroxylation is 1. The molecule has 1 aromatic carbocycles. The van der Waals surface area contributed by atoms with E-state index in [9.17, 15) is 8.42 Å². The molecule has 0 fully saturated rings. The number of primary sulfonamides is 1. The second-order valence-electron chi connectivity index (χ2n) is 3.07. The number of hydrogen-bond donors (Lipinski definition) is 1. The summed E-state index contributed by atoms with van der Waals surface area (Å²) in [4.78, 5) is 0.0888. The van der Waals surface area contributed by atoms with Crippen molar-refractivity contribution >= 4 is 10.0 Å². The first-order valence-corrected chi connectivity index (χ1v) is 5.87. The molecule has 1 aromatic rings. The highest BCUT2D eigenvalue weighted by Gasteiger charge is 2.09. The first-order valence-electron chi connectivity index (χ1n) is 4.32. The number of benzene rings is 1. The quantitative estimate of drug-likeness (QED) is 0.786. The van der Waals surface area contributed by atoms with Crippen molar-refractivity contribution in [3.05, 3.63) is 36.4 Å². The standard InChI is InChI=1S/C10H13NO3S/c1-3-6-14-10-5-4-9(7-8(10)2)15(11,12)13/h3-5,7H,1,6H2,2H3,(H2,11,12,13). The van der Waals surface area contributed by atoms with Crippen LogP contribution in [0.15, 0.2) is 35.7 Å². The molecular weight excluding hydrogens is 214 g/mol. The Balaban J connectivity index is 3.03. The second-order valence-corrected chi connectivity index (χ2v) is 4.63. The summed E-state index contributed by atoms with van der Waals surface area (Å²) in [5, 5.41) is 4.99. The largest absolute Gasteiger partial charge is 0.489 e. The summed E-state index contributed by atoms with van der Waals surface area (Å²) in [5.41, 5.74) is 0.725. The van der Waals surface area contributed by atoms with E-state index in [2.05, 4.69) is 6.58 Å². The summed E-state index contributed by atoms with van der Waals surface area (Å²) in [6.07, 6.45) is 1.62. The number of rotatable bonds is 4. The molecule has 0 spiro atoms. The van der Waals surface area contributed by atoms with Crippen LogP contribution in [0.5, 0.6) is 5.75 Å². The van der Waals surface area contributed by atoms with Gasteiger partial charge in [0.2, 0.25) is 10.0 Å². The van der Waals surface area contributed by atoms with Crippen LogP contribution in [-0.4, -0.2) is 15.0 Å². The van der Waals surface area contributed by atoms with Crippen molar-refractivity contribution < 1.29 is 13.2 Å². The van der Waals surface area contributed by atoms with Crippen LogP contribution in [0.4, 0.5) is 0 Å². The van der Waals surface area contributed by atoms with Crippen LogP contribution in [0.25, 0.3) is 0 Å². The van der Waals surface area contributed by atoms with Crippen LogP contribution in [0.3, 0.4) is 0 Å². The third-order valence-electron chi connectivity index (χ3n) is 1.83. The van der Waals surface area contributed by atoms with Gasteiger partial charge in [-0.2, -0.15) is 0 Å². The molecule has 0 radical (unpaired) electrons. The van der Waals surface area contributed by atoms with E-state index in [1.165, 1.54) is 12.1 Å². The van der Waals surface area contributed by atoms with Crippen LogP contribution in [0.2, 0.25) is 0 Å². The van der Waals surface area contributed by atoms with E-state index < -0.39 is 10.0 Å². The van der Waals surface area contributed by atoms with Crippen molar-refractivity contribution in [3.8, 4) is 5.75 Å². The maximum atomic E-state index is 11.0. The lowest BCUT2D eigenvalue weighted by molar-refractivity contribution is 0.360. The molecule has 0 bridgehead atoms. The number of sulfonamides is 1. The molecule has 5 heteroatoms. The topological polar surface area (TPSA) is 69.4 Å². The molecule has 0 aliphatic heterocycles. The van der Waals surface area contributed by atoms with Crippen molar-refractivity contribution in [2.45, 2.75) is 11.8 Å². The molecule has 82 valence electrons. The molecule has 0 aliphatic carbocycles. The number of ether oxygens (including phenoxy) is 1. The van der Waals surface area contributed by atoms with E-state index in [1.54, 1.807) is 19.1 Å². The van der Waals surface area contributed by atoms with Crippen molar-refractivity contribution in [2.75, 3.05) is 6.61 Å². The van der Waals surface area contributed by atoms with Gasteiger partial charge in [-0.25, -0.2) is 13.6 Å². The van der Waals surface area contributed by atoms with Gasteiger partial charge in [-0.15, -0.1) is 0 Å². The lowest BCUT2D eigenvalue weighted by Gasteiger charge is -2.07. The van der Waals surface area contributed by atoms with Gasteiger partial charge in [0.15, 0.2) is 0 Å². The minimum atomic E-state index is -3.64. The third-order valence-corrected chi connectivity index (χ3v) is 2.74. The second kappa shape index (κ2) is 4.46. The molecule has 0 aliphatic rings. The highest BCUT2D eigenvalue weighted by atomic mass is 32.2. The zero-order chi connectivity index (χ0) is 11.5. The fraction of sp³-hybridized carbons (Fsp3) is 0.200. The Labute approximate surface area is 89.4 Å². The van der Waals surface area contributed by atoms with Crippen LogP contribution in [0, 0.1) is 6.92 Å². The molecule has 0 unspecified atom stereocenters. The Morgan fingerprint density at radius 3 is 2.67 bits per heavy atom. The number of hydrogen-bond acceptors (Lipinski definition) is 3. The molecule has 0 heterocycles. The average Bonchev–Trinajstić information content (AvgIpc) is 2.14. The molecule has 0 atom stereocenters. The molecule has 0 amide bonds. The molecule has 0 aromatic heterocycles. The highest BCUT2D eigenvalue weighted by Crippen LogP contribution is 2.20. The Morgan fingerprint density at radius 2 is 2.20 bits per heavy atom. The predicted octanol–water partition coefficient (Wildman–Crippen LogP) is 1.21. The van der Waals surface area contributed by atoms with E-state index >= 15 is 0 Å². The van der Waals surface area contributed by atoms with E-state index in [4.69, 9.17) is 9.88 Å². The van der Waals surface area contributed by atoms with Gasteiger partial charge in [-0.3, -0.25) is 0 Å². The van der Waals surface area contributed by atoms with Gasteiger partial charge in [0, 0.05) is 0 Å². The first-order chi connectivity index (χ1) is 6.95. The molecule has 2 N–H and O–H groups in total. The highest BCUT2D eigenvalue weighted by molar-refractivity contribution is 7.89. The lowest BCUT2D eigenvalue weighted by atomic mass is 10.2. The van der Waals surface area contributed by atoms with Gasteiger partial charge >= 0.3 is 0 Å². The fourth-order valence-electron chi connectivity index (χ4n) is 1.11. The molecule has 0 saturated heterocycles. The molecule has 15 heavy (non-hydrogen) atoms. The maximum Gasteiger partial charge on any atom is 0.238 e. The van der Waals surface area contributed by atoms with Crippen LogP contribution in [-0.2, 0) is 10.0 Å². The van der Waals surface area contributed by atoms with Crippen molar-refractivity contribution in [1.29, 1.82) is 0 Å². The molecule has 4 nitrogen and oxygen atoms in total. The van der Waals surface area contributed by atoms with Crippen molar-refractivity contribution in [3.63, 3.8) is 0 Å². The summed E-state index contributed by atoms with van der Waals surface area (Å²) in [6.45, 7) is 5.66. The van der Waals surface area contributed by atoms with Crippen molar-refractivity contribution in [1.82, 2.24) is 0 Å². The minimum absolute atomic E-state index is 0.0888. The molecule has 0 saturated carbocycles. The van der Waals surface area contributed by atoms with Gasteiger partial charge in [-0.05, 0) is 30.7 Å². The monoisotopic (exact) mass is 227 g/mol. The van der Waals surface area contributed by atoms with E-state index in [1.807, 2.05) is 0 Å². The fourth-order valence-corrected chi connectivity index (χ4v) is 1.71. The zero-order valence-electron chi connectivity index (χ0n) is 8.43. The summed E-state index contributed by atoms with van der Waals surface area (Å²) in [6, 6.07) is 4.48. The van der Waals surface area contributed by atoms with Gasteiger partial charge in [0.05, 0.1) is 4.90 Å². The first kappa shape index (κ1) is 11.7. The van der Waals surface area contributed by atoms with Gasteiger partial charge in [-0.1, -0.05) is 12.7 Å². The maximum absolute atomic E-state index is 11.0. The lowest BCUT2D eigenvalue weighted by Crippen LogP contribution is -2.12. The zero-order valence-corrected chi connectivity index (χ0v) is 9.25. The van der Waals surface area contributed by atoms with Crippen LogP contribution in [0.1, 0.15) is 5.56 Å². The summed E-state index contributed by atoms with van der Waals surface area (Å²) < 4.78 is 27.4. The summed E-state index contributed by atoms with van der Waals surface area (Å²) in [5.74, 6) is 0.627. The Morgan fingerprint density at radius 1 is 1.53 bits per heavy atom. The van der Waals surface area contributed by atoms with Crippen LogP contribution >= 0.6 is 0 Å². The van der Waals surface area contributed by atoms with Gasteiger partial charge in [0.1, 0.15) is 12.4 Å². The van der Waals surface area contributed by atoms with E-state index in [0.29, 0.717) is 12.4 Å². The van der Waals surface area contributed by atoms with Crippen molar-refractivity contribution in [2.24, 2.45) is 5.14 Å². The third kappa shape index (κ3) is 3.07. The normalized spacial score (nSPS) is 11.1. The Hall–Kier alpha value is -1.33. The van der Waals surface area contributed by atoms with Gasteiger partial charge in [0.25, 0.3) is 0 Å². The average molecular weight is 227 g/mol. The number of nitrogens with two attached hydrogens (primary N) is 1. The molecule has 1 rings (SSSR count). The van der Waals surface area contributed by atoms with Gasteiger partial charge < -0.3 is 4.74 Å². The summed E-state index contributed by atoms with van der Waals surface area (Å²) in [7, 11) is -3.64. The van der Waals surface area contributed by atoms with E-state index in [0.717, 1.165) is 5.56 Å².